The van der Waals surface area contributed by atoms with E-state index in [1.807, 2.05) is 30.5 Å². The quantitative estimate of drug-likeness (QED) is 0.670. The van der Waals surface area contributed by atoms with Crippen LogP contribution in [-0.2, 0) is 15.6 Å². The topological polar surface area (TPSA) is 72.2 Å². The van der Waals surface area contributed by atoms with E-state index in [-0.39, 0.29) is 5.91 Å². The summed E-state index contributed by atoms with van der Waals surface area (Å²) in [4.78, 5) is 13.5. The molecule has 3 N–H and O–H groups in total. The van der Waals surface area contributed by atoms with Crippen LogP contribution >= 0.6 is 11.8 Å². The second kappa shape index (κ2) is 6.78. The molecule has 0 heterocycles. The van der Waals surface area contributed by atoms with Gasteiger partial charge in [-0.15, -0.1) is 11.8 Å². The summed E-state index contributed by atoms with van der Waals surface area (Å²) in [5.74, 6) is -0.214. The third kappa shape index (κ3) is 3.86. The van der Waals surface area contributed by atoms with Crippen LogP contribution in [0.2, 0.25) is 0 Å². The first-order valence-corrected chi connectivity index (χ1v) is 8.61. The van der Waals surface area contributed by atoms with E-state index in [4.69, 9.17) is 5.73 Å². The minimum atomic E-state index is -1.31. The smallest absolute Gasteiger partial charge is 0.221 e. The molecule has 0 saturated carbocycles. The molecule has 0 aromatic heterocycles. The molecule has 2 aromatic rings. The van der Waals surface area contributed by atoms with Crippen LogP contribution in [0.1, 0.15) is 6.92 Å². The second-order valence-electron chi connectivity index (χ2n) is 4.38. The van der Waals surface area contributed by atoms with Gasteiger partial charge in [-0.1, -0.05) is 6.07 Å². The first-order valence-electron chi connectivity index (χ1n) is 6.24. The lowest BCUT2D eigenvalue weighted by molar-refractivity contribution is -0.114. The monoisotopic (exact) mass is 320 g/mol. The normalized spacial score (nSPS) is 11.9. The van der Waals surface area contributed by atoms with Crippen molar-refractivity contribution in [2.75, 3.05) is 17.3 Å². The minimum Gasteiger partial charge on any atom is -0.397 e. The molecular weight excluding hydrogens is 304 g/mol. The number of benzene rings is 2. The fourth-order valence-corrected chi connectivity index (χ4v) is 3.46. The zero-order valence-corrected chi connectivity index (χ0v) is 13.4. The van der Waals surface area contributed by atoms with Gasteiger partial charge in [-0.05, 0) is 42.7 Å². The molecule has 1 amide bonds. The fourth-order valence-electron chi connectivity index (χ4n) is 1.80. The Morgan fingerprint density at radius 1 is 1.19 bits per heavy atom. The number of nitrogen functional groups attached to an aromatic ring is 1. The van der Waals surface area contributed by atoms with Crippen LogP contribution < -0.4 is 11.1 Å². The largest absolute Gasteiger partial charge is 0.397 e. The van der Waals surface area contributed by atoms with Gasteiger partial charge in [0.05, 0.1) is 22.2 Å². The van der Waals surface area contributed by atoms with Gasteiger partial charge in [0.1, 0.15) is 0 Å². The molecule has 4 nitrogen and oxygen atoms in total. The number of nitrogens with one attached hydrogen (secondary N) is 1. The number of rotatable bonds is 4. The minimum absolute atomic E-state index is 0.214. The molecule has 21 heavy (non-hydrogen) atoms. The molecule has 0 aliphatic carbocycles. The van der Waals surface area contributed by atoms with Crippen molar-refractivity contribution in [3.8, 4) is 0 Å². The van der Waals surface area contributed by atoms with Gasteiger partial charge >= 0.3 is 0 Å². The Morgan fingerprint density at radius 2 is 1.90 bits per heavy atom. The van der Waals surface area contributed by atoms with Crippen molar-refractivity contribution in [3.63, 3.8) is 0 Å². The zero-order chi connectivity index (χ0) is 15.4. The van der Waals surface area contributed by atoms with Crippen LogP contribution in [0.4, 0.5) is 11.4 Å². The average molecular weight is 320 g/mol. The molecule has 0 aliphatic rings. The molecule has 0 spiro atoms. The molecule has 2 rings (SSSR count). The summed E-state index contributed by atoms with van der Waals surface area (Å²) in [5.41, 5.74) is 6.73. The van der Waals surface area contributed by atoms with E-state index >= 15 is 0 Å². The van der Waals surface area contributed by atoms with Crippen molar-refractivity contribution in [3.05, 3.63) is 42.5 Å². The summed E-state index contributed by atoms with van der Waals surface area (Å²) < 4.78 is 12.6. The van der Waals surface area contributed by atoms with Crippen LogP contribution in [0.5, 0.6) is 0 Å². The number of nitrogens with two attached hydrogens (primary N) is 1. The summed E-state index contributed by atoms with van der Waals surface area (Å²) in [5, 5.41) is 2.64. The molecule has 0 fully saturated rings. The van der Waals surface area contributed by atoms with Gasteiger partial charge in [-0.3, -0.25) is 4.79 Å². The summed E-state index contributed by atoms with van der Waals surface area (Å²) in [6.45, 7) is 1.41. The number of amides is 1. The SMILES string of the molecule is CSc1cccc(S(=O)c2ccc(N)c(NC(C)=O)c2)c1. The van der Waals surface area contributed by atoms with Gasteiger partial charge in [-0.25, -0.2) is 4.21 Å². The second-order valence-corrected chi connectivity index (χ2v) is 6.74. The number of thioether (sulfide) groups is 1. The number of anilines is 2. The van der Waals surface area contributed by atoms with Crippen LogP contribution in [-0.4, -0.2) is 16.4 Å². The highest BCUT2D eigenvalue weighted by atomic mass is 32.2. The summed E-state index contributed by atoms with van der Waals surface area (Å²) in [6.07, 6.45) is 1.97. The van der Waals surface area contributed by atoms with Gasteiger partial charge in [0.25, 0.3) is 0 Å². The number of hydrogen-bond donors (Lipinski definition) is 2. The van der Waals surface area contributed by atoms with Gasteiger partial charge in [0, 0.05) is 21.6 Å². The van der Waals surface area contributed by atoms with Crippen LogP contribution in [0.25, 0.3) is 0 Å². The maximum Gasteiger partial charge on any atom is 0.221 e. The van der Waals surface area contributed by atoms with Crippen molar-refractivity contribution in [2.45, 2.75) is 21.6 Å². The lowest BCUT2D eigenvalue weighted by Crippen LogP contribution is -2.08. The molecule has 2 aromatic carbocycles. The predicted molar refractivity (Wildman–Crippen MR) is 88.1 cm³/mol. The van der Waals surface area contributed by atoms with Crippen molar-refractivity contribution < 1.29 is 9.00 Å². The van der Waals surface area contributed by atoms with Crippen molar-refractivity contribution in [1.29, 1.82) is 0 Å². The van der Waals surface area contributed by atoms with E-state index < -0.39 is 10.8 Å². The maximum absolute atomic E-state index is 12.6. The third-order valence-electron chi connectivity index (χ3n) is 2.80. The number of hydrogen-bond acceptors (Lipinski definition) is 4. The molecule has 0 saturated heterocycles. The van der Waals surface area contributed by atoms with E-state index in [0.29, 0.717) is 16.3 Å². The first kappa shape index (κ1) is 15.6. The average Bonchev–Trinajstić information content (AvgIpc) is 2.48. The summed E-state index contributed by atoms with van der Waals surface area (Å²) >= 11 is 1.60. The molecule has 0 aliphatic heterocycles. The number of carbonyl (C=O) groups excluding carboxylic acids is 1. The molecule has 6 heteroatoms. The Balaban J connectivity index is 2.36. The molecule has 0 bridgehead atoms. The zero-order valence-electron chi connectivity index (χ0n) is 11.8. The van der Waals surface area contributed by atoms with Crippen molar-refractivity contribution >= 4 is 39.8 Å². The maximum atomic E-state index is 12.6. The Labute approximate surface area is 130 Å². The van der Waals surface area contributed by atoms with E-state index in [1.165, 1.54) is 6.92 Å². The lowest BCUT2D eigenvalue weighted by Gasteiger charge is -2.09. The molecular formula is C15H16N2O2S2. The van der Waals surface area contributed by atoms with Crippen molar-refractivity contribution in [1.82, 2.24) is 0 Å². The highest BCUT2D eigenvalue weighted by Crippen LogP contribution is 2.26. The predicted octanol–water partition coefficient (Wildman–Crippen LogP) is 3.12. The van der Waals surface area contributed by atoms with Gasteiger partial charge in [0.2, 0.25) is 5.91 Å². The molecule has 1 unspecified atom stereocenters. The summed E-state index contributed by atoms with van der Waals surface area (Å²) in [6, 6.07) is 12.6. The van der Waals surface area contributed by atoms with Gasteiger partial charge < -0.3 is 11.1 Å². The van der Waals surface area contributed by atoms with Crippen molar-refractivity contribution in [2.24, 2.45) is 0 Å². The lowest BCUT2D eigenvalue weighted by atomic mass is 10.2. The Bertz CT molecular complexity index is 702. The highest BCUT2D eigenvalue weighted by molar-refractivity contribution is 7.98. The van der Waals surface area contributed by atoms with Gasteiger partial charge in [0.15, 0.2) is 0 Å². The standard InChI is InChI=1S/C15H16N2O2S2/c1-10(18)17-15-9-13(6-7-14(15)16)21(19)12-5-3-4-11(8-12)20-2/h3-9H,16H2,1-2H3,(H,17,18). The fraction of sp³-hybridized carbons (Fsp3) is 0.133. The Morgan fingerprint density at radius 3 is 2.57 bits per heavy atom. The highest BCUT2D eigenvalue weighted by Gasteiger charge is 2.11. The van der Waals surface area contributed by atoms with E-state index in [1.54, 1.807) is 30.0 Å². The Kier molecular flexibility index (Phi) is 5.03. The Hall–Kier alpha value is -1.79. The van der Waals surface area contributed by atoms with Crippen LogP contribution in [0.3, 0.4) is 0 Å². The summed E-state index contributed by atoms with van der Waals surface area (Å²) in [7, 11) is -1.31. The van der Waals surface area contributed by atoms with Gasteiger partial charge in [-0.2, -0.15) is 0 Å². The third-order valence-corrected chi connectivity index (χ3v) is 4.89. The van der Waals surface area contributed by atoms with E-state index in [9.17, 15) is 9.00 Å². The molecule has 1 atom stereocenters. The molecule has 110 valence electrons. The molecule has 0 radical (unpaired) electrons. The number of carbonyl (C=O) groups is 1. The van der Waals surface area contributed by atoms with E-state index in [2.05, 4.69) is 5.32 Å². The van der Waals surface area contributed by atoms with E-state index in [0.717, 1.165) is 9.79 Å². The van der Waals surface area contributed by atoms with Crippen LogP contribution in [0.15, 0.2) is 57.2 Å². The first-order chi connectivity index (χ1) is 10.0. The van der Waals surface area contributed by atoms with Crippen LogP contribution in [0, 0.1) is 0 Å².